The Bertz CT molecular complexity index is 566. The van der Waals surface area contributed by atoms with Crippen molar-refractivity contribution in [1.82, 2.24) is 15.1 Å². The molecule has 1 amide bonds. The zero-order valence-corrected chi connectivity index (χ0v) is 13.0. The molecule has 1 aromatic heterocycles. The van der Waals surface area contributed by atoms with Crippen molar-refractivity contribution in [2.24, 2.45) is 0 Å². The zero-order chi connectivity index (χ0) is 15.6. The van der Waals surface area contributed by atoms with Gasteiger partial charge in [-0.2, -0.15) is 5.10 Å². The second-order valence-corrected chi connectivity index (χ2v) is 5.11. The molecular formula is C17H23N3O2. The molecule has 1 N–H and O–H groups in total. The summed E-state index contributed by atoms with van der Waals surface area (Å²) in [7, 11) is 0. The van der Waals surface area contributed by atoms with Gasteiger partial charge >= 0.3 is 0 Å². The quantitative estimate of drug-likeness (QED) is 0.723. The molecule has 0 aliphatic carbocycles. The number of ether oxygens (including phenoxy) is 1. The number of nitrogens with zero attached hydrogens (tertiary/aromatic N) is 2. The van der Waals surface area contributed by atoms with Crippen LogP contribution in [0.5, 0.6) is 0 Å². The molecular weight excluding hydrogens is 278 g/mol. The van der Waals surface area contributed by atoms with Gasteiger partial charge in [-0.15, -0.1) is 0 Å². The van der Waals surface area contributed by atoms with E-state index in [1.807, 2.05) is 36.0 Å². The fourth-order valence-corrected chi connectivity index (χ4v) is 2.12. The molecule has 0 bridgehead atoms. The molecule has 0 fully saturated rings. The summed E-state index contributed by atoms with van der Waals surface area (Å²) >= 11 is 0. The van der Waals surface area contributed by atoms with Gasteiger partial charge in [0, 0.05) is 37.9 Å². The fourth-order valence-electron chi connectivity index (χ4n) is 2.12. The Morgan fingerprint density at radius 1 is 1.27 bits per heavy atom. The number of amides is 1. The van der Waals surface area contributed by atoms with E-state index >= 15 is 0 Å². The van der Waals surface area contributed by atoms with Crippen molar-refractivity contribution in [3.8, 4) is 0 Å². The standard InChI is InChI=1S/C17H23N3O2/c1-2-22-10-6-9-17(21)18-11-16-12-19-20(14-16)13-15-7-4-3-5-8-15/h3-5,7-8,12,14H,2,6,9-11,13H2,1H3,(H,18,21). The van der Waals surface area contributed by atoms with E-state index in [9.17, 15) is 4.79 Å². The van der Waals surface area contributed by atoms with Crippen LogP contribution in [0.2, 0.25) is 0 Å². The maximum absolute atomic E-state index is 11.7. The van der Waals surface area contributed by atoms with Gasteiger partial charge < -0.3 is 10.1 Å². The van der Waals surface area contributed by atoms with Crippen LogP contribution in [-0.4, -0.2) is 28.9 Å². The van der Waals surface area contributed by atoms with Crippen molar-refractivity contribution < 1.29 is 9.53 Å². The molecule has 22 heavy (non-hydrogen) atoms. The van der Waals surface area contributed by atoms with Gasteiger partial charge in [0.25, 0.3) is 0 Å². The number of hydrogen-bond donors (Lipinski definition) is 1. The summed E-state index contributed by atoms with van der Waals surface area (Å²) in [6.07, 6.45) is 5.02. The summed E-state index contributed by atoms with van der Waals surface area (Å²) in [5.74, 6) is 0.0514. The third-order valence-corrected chi connectivity index (χ3v) is 3.26. The Labute approximate surface area is 131 Å². The Morgan fingerprint density at radius 3 is 2.86 bits per heavy atom. The van der Waals surface area contributed by atoms with Crippen LogP contribution in [0.15, 0.2) is 42.7 Å². The first kappa shape index (κ1) is 16.2. The molecule has 0 spiro atoms. The normalized spacial score (nSPS) is 10.6. The van der Waals surface area contributed by atoms with E-state index in [4.69, 9.17) is 4.74 Å². The number of carbonyl (C=O) groups is 1. The first-order valence-corrected chi connectivity index (χ1v) is 7.67. The van der Waals surface area contributed by atoms with E-state index in [-0.39, 0.29) is 5.91 Å². The summed E-state index contributed by atoms with van der Waals surface area (Å²) in [6, 6.07) is 10.2. The Hall–Kier alpha value is -2.14. The highest BCUT2D eigenvalue weighted by molar-refractivity contribution is 5.75. The number of hydrogen-bond acceptors (Lipinski definition) is 3. The molecule has 0 aliphatic heterocycles. The third-order valence-electron chi connectivity index (χ3n) is 3.26. The van der Waals surface area contributed by atoms with Gasteiger partial charge in [-0.3, -0.25) is 9.48 Å². The third kappa shape index (κ3) is 5.69. The van der Waals surface area contributed by atoms with Crippen LogP contribution in [0.25, 0.3) is 0 Å². The lowest BCUT2D eigenvalue weighted by molar-refractivity contribution is -0.121. The number of nitrogens with one attached hydrogen (secondary N) is 1. The van der Waals surface area contributed by atoms with Crippen molar-refractivity contribution in [2.45, 2.75) is 32.9 Å². The highest BCUT2D eigenvalue weighted by Gasteiger charge is 2.03. The predicted octanol–water partition coefficient (Wildman–Crippen LogP) is 2.36. The molecule has 5 heteroatoms. The van der Waals surface area contributed by atoms with Crippen molar-refractivity contribution in [1.29, 1.82) is 0 Å². The SMILES string of the molecule is CCOCCCC(=O)NCc1cnn(Cc2ccccc2)c1. The van der Waals surface area contributed by atoms with E-state index in [1.54, 1.807) is 6.20 Å². The van der Waals surface area contributed by atoms with E-state index < -0.39 is 0 Å². The smallest absolute Gasteiger partial charge is 0.220 e. The van der Waals surface area contributed by atoms with Gasteiger partial charge in [-0.05, 0) is 18.9 Å². The van der Waals surface area contributed by atoms with Crippen LogP contribution in [0.3, 0.4) is 0 Å². The summed E-state index contributed by atoms with van der Waals surface area (Å²) < 4.78 is 7.09. The van der Waals surface area contributed by atoms with Crippen LogP contribution in [-0.2, 0) is 22.6 Å². The molecule has 2 aromatic rings. The zero-order valence-electron chi connectivity index (χ0n) is 13.0. The number of aromatic nitrogens is 2. The second-order valence-electron chi connectivity index (χ2n) is 5.11. The second kappa shape index (κ2) is 9.00. The molecule has 0 atom stereocenters. The molecule has 0 saturated carbocycles. The monoisotopic (exact) mass is 301 g/mol. The van der Waals surface area contributed by atoms with Gasteiger partial charge in [0.2, 0.25) is 5.91 Å². The van der Waals surface area contributed by atoms with Gasteiger partial charge in [0.1, 0.15) is 0 Å². The fraction of sp³-hybridized carbons (Fsp3) is 0.412. The molecule has 2 rings (SSSR count). The molecule has 0 saturated heterocycles. The van der Waals surface area contributed by atoms with Crippen molar-refractivity contribution in [3.05, 3.63) is 53.9 Å². The molecule has 5 nitrogen and oxygen atoms in total. The van der Waals surface area contributed by atoms with Crippen molar-refractivity contribution in [2.75, 3.05) is 13.2 Å². The van der Waals surface area contributed by atoms with E-state index in [0.717, 1.165) is 18.5 Å². The minimum absolute atomic E-state index is 0.0514. The van der Waals surface area contributed by atoms with Crippen molar-refractivity contribution in [3.63, 3.8) is 0 Å². The lowest BCUT2D eigenvalue weighted by Gasteiger charge is -2.04. The summed E-state index contributed by atoms with van der Waals surface area (Å²) in [5.41, 5.74) is 2.21. The lowest BCUT2D eigenvalue weighted by atomic mass is 10.2. The van der Waals surface area contributed by atoms with Gasteiger partial charge in [-0.25, -0.2) is 0 Å². The van der Waals surface area contributed by atoms with Gasteiger partial charge in [-0.1, -0.05) is 30.3 Å². The Balaban J connectivity index is 1.72. The largest absolute Gasteiger partial charge is 0.382 e. The minimum atomic E-state index is 0.0514. The maximum atomic E-state index is 11.7. The van der Waals surface area contributed by atoms with Crippen LogP contribution in [0.1, 0.15) is 30.9 Å². The van der Waals surface area contributed by atoms with Crippen LogP contribution in [0, 0.1) is 0 Å². The first-order valence-electron chi connectivity index (χ1n) is 7.67. The van der Waals surface area contributed by atoms with Crippen LogP contribution >= 0.6 is 0 Å². The predicted molar refractivity (Wildman–Crippen MR) is 85.3 cm³/mol. The van der Waals surface area contributed by atoms with E-state index in [1.165, 1.54) is 5.56 Å². The summed E-state index contributed by atoms with van der Waals surface area (Å²) in [4.78, 5) is 11.7. The summed E-state index contributed by atoms with van der Waals surface area (Å²) in [6.45, 7) is 4.54. The van der Waals surface area contributed by atoms with Crippen molar-refractivity contribution >= 4 is 5.91 Å². The molecule has 0 radical (unpaired) electrons. The highest BCUT2D eigenvalue weighted by Crippen LogP contribution is 2.04. The number of carbonyl (C=O) groups excluding carboxylic acids is 1. The first-order chi connectivity index (χ1) is 10.8. The summed E-state index contributed by atoms with van der Waals surface area (Å²) in [5, 5.41) is 7.23. The van der Waals surface area contributed by atoms with Gasteiger partial charge in [0.05, 0.1) is 12.7 Å². The topological polar surface area (TPSA) is 56.1 Å². The molecule has 0 unspecified atom stereocenters. The minimum Gasteiger partial charge on any atom is -0.382 e. The van der Waals surface area contributed by atoms with Crippen LogP contribution in [0.4, 0.5) is 0 Å². The average Bonchev–Trinajstić information content (AvgIpc) is 2.98. The Morgan fingerprint density at radius 2 is 2.09 bits per heavy atom. The number of benzene rings is 1. The maximum Gasteiger partial charge on any atom is 0.220 e. The van der Waals surface area contributed by atoms with E-state index in [0.29, 0.717) is 26.2 Å². The number of rotatable bonds is 9. The lowest BCUT2D eigenvalue weighted by Crippen LogP contribution is -2.22. The van der Waals surface area contributed by atoms with Crippen LogP contribution < -0.4 is 5.32 Å². The molecule has 0 aliphatic rings. The molecule has 1 heterocycles. The highest BCUT2D eigenvalue weighted by atomic mass is 16.5. The van der Waals surface area contributed by atoms with E-state index in [2.05, 4.69) is 22.5 Å². The average molecular weight is 301 g/mol. The van der Waals surface area contributed by atoms with Gasteiger partial charge in [0.15, 0.2) is 0 Å². The Kier molecular flexibility index (Phi) is 6.64. The molecule has 118 valence electrons. The molecule has 1 aromatic carbocycles.